The summed E-state index contributed by atoms with van der Waals surface area (Å²) >= 11 is 1.88. The molecule has 0 radical (unpaired) electrons. The normalized spacial score (nSPS) is 14.2. The van der Waals surface area contributed by atoms with E-state index < -0.39 is 0 Å². The van der Waals surface area contributed by atoms with Gasteiger partial charge in [0.05, 0.1) is 0 Å². The zero-order chi connectivity index (χ0) is 12.9. The van der Waals surface area contributed by atoms with Gasteiger partial charge in [0, 0.05) is 4.88 Å². The van der Waals surface area contributed by atoms with Crippen molar-refractivity contribution >= 4 is 11.3 Å². The van der Waals surface area contributed by atoms with Crippen LogP contribution in [0, 0.1) is 17.3 Å². The number of hydrogen-bond donors (Lipinski definition) is 1. The van der Waals surface area contributed by atoms with E-state index in [2.05, 4.69) is 57.4 Å². The van der Waals surface area contributed by atoms with Crippen molar-refractivity contribution in [1.82, 2.24) is 5.32 Å². The van der Waals surface area contributed by atoms with E-state index in [9.17, 15) is 0 Å². The molecule has 0 amide bonds. The van der Waals surface area contributed by atoms with Crippen molar-refractivity contribution in [1.29, 1.82) is 0 Å². The van der Waals surface area contributed by atoms with Crippen LogP contribution < -0.4 is 5.32 Å². The van der Waals surface area contributed by atoms with Crippen LogP contribution in [0.3, 0.4) is 0 Å². The Balaban J connectivity index is 2.50. The van der Waals surface area contributed by atoms with Gasteiger partial charge >= 0.3 is 0 Å². The second kappa shape index (κ2) is 6.55. The smallest absolute Gasteiger partial charge is 0.00486 e. The van der Waals surface area contributed by atoms with E-state index in [1.807, 2.05) is 11.3 Å². The summed E-state index contributed by atoms with van der Waals surface area (Å²) < 4.78 is 0. The van der Waals surface area contributed by atoms with Gasteiger partial charge in [-0.2, -0.15) is 0 Å². The molecular formula is C15H27NS. The molecule has 1 aromatic heterocycles. The zero-order valence-corrected chi connectivity index (χ0v) is 12.7. The van der Waals surface area contributed by atoms with Gasteiger partial charge in [0.1, 0.15) is 0 Å². The second-order valence-electron chi connectivity index (χ2n) is 6.40. The van der Waals surface area contributed by atoms with Crippen molar-refractivity contribution in [3.63, 3.8) is 0 Å². The average Bonchev–Trinajstić information content (AvgIpc) is 2.66. The highest BCUT2D eigenvalue weighted by Gasteiger charge is 2.24. The second-order valence-corrected chi connectivity index (χ2v) is 7.43. The first kappa shape index (κ1) is 14.7. The van der Waals surface area contributed by atoms with E-state index in [4.69, 9.17) is 0 Å². The van der Waals surface area contributed by atoms with Crippen molar-refractivity contribution in [2.45, 2.75) is 41.0 Å². The minimum absolute atomic E-state index is 0.369. The summed E-state index contributed by atoms with van der Waals surface area (Å²) in [5, 5.41) is 5.79. The van der Waals surface area contributed by atoms with Gasteiger partial charge in [0.15, 0.2) is 0 Å². The Hall–Kier alpha value is -0.340. The number of thiophene rings is 1. The molecule has 0 aliphatic heterocycles. The monoisotopic (exact) mass is 253 g/mol. The number of rotatable bonds is 6. The Morgan fingerprint density at radius 2 is 1.94 bits per heavy atom. The Kier molecular flexibility index (Phi) is 5.68. The van der Waals surface area contributed by atoms with Crippen LogP contribution in [0.1, 0.15) is 39.5 Å². The molecule has 2 heteroatoms. The lowest BCUT2D eigenvalue weighted by Gasteiger charge is -2.31. The summed E-state index contributed by atoms with van der Waals surface area (Å²) in [6.45, 7) is 13.8. The first-order chi connectivity index (χ1) is 7.89. The van der Waals surface area contributed by atoms with Crippen LogP contribution in [0.15, 0.2) is 17.5 Å². The summed E-state index contributed by atoms with van der Waals surface area (Å²) in [6.07, 6.45) is 1.20. The highest BCUT2D eigenvalue weighted by atomic mass is 32.1. The standard InChI is InChI=1S/C15H27NS/c1-12(2)10-16-11-13(15(3,4)5)9-14-7-6-8-17-14/h6-8,12-13,16H,9-11H2,1-5H3. The summed E-state index contributed by atoms with van der Waals surface area (Å²) in [6, 6.07) is 4.41. The highest BCUT2D eigenvalue weighted by molar-refractivity contribution is 7.09. The maximum Gasteiger partial charge on any atom is 0.00486 e. The highest BCUT2D eigenvalue weighted by Crippen LogP contribution is 2.29. The van der Waals surface area contributed by atoms with E-state index in [0.717, 1.165) is 19.0 Å². The molecule has 1 N–H and O–H groups in total. The molecule has 0 bridgehead atoms. The fourth-order valence-corrected chi connectivity index (χ4v) is 2.69. The van der Waals surface area contributed by atoms with Gasteiger partial charge in [-0.15, -0.1) is 11.3 Å². The largest absolute Gasteiger partial charge is 0.316 e. The maximum atomic E-state index is 3.61. The van der Waals surface area contributed by atoms with Gasteiger partial charge in [0.25, 0.3) is 0 Å². The summed E-state index contributed by atoms with van der Waals surface area (Å²) in [4.78, 5) is 1.51. The first-order valence-corrected chi connectivity index (χ1v) is 7.50. The quantitative estimate of drug-likeness (QED) is 0.801. The van der Waals surface area contributed by atoms with Crippen LogP contribution in [0.4, 0.5) is 0 Å². The van der Waals surface area contributed by atoms with E-state index in [1.165, 1.54) is 11.3 Å². The lowest BCUT2D eigenvalue weighted by atomic mass is 9.78. The molecule has 98 valence electrons. The molecule has 1 heterocycles. The van der Waals surface area contributed by atoms with Crippen LogP contribution in [-0.4, -0.2) is 13.1 Å². The zero-order valence-electron chi connectivity index (χ0n) is 11.9. The Bertz CT molecular complexity index is 295. The number of hydrogen-bond acceptors (Lipinski definition) is 2. The molecule has 17 heavy (non-hydrogen) atoms. The van der Waals surface area contributed by atoms with Gasteiger partial charge in [0.2, 0.25) is 0 Å². The molecule has 0 aromatic carbocycles. The van der Waals surface area contributed by atoms with Crippen LogP contribution in [-0.2, 0) is 6.42 Å². The summed E-state index contributed by atoms with van der Waals surface area (Å²) in [5.41, 5.74) is 0.369. The molecule has 1 nitrogen and oxygen atoms in total. The van der Waals surface area contributed by atoms with E-state index in [1.54, 1.807) is 0 Å². The minimum atomic E-state index is 0.369. The molecular weight excluding hydrogens is 226 g/mol. The van der Waals surface area contributed by atoms with Crippen molar-refractivity contribution < 1.29 is 0 Å². The van der Waals surface area contributed by atoms with Gasteiger partial charge in [-0.1, -0.05) is 40.7 Å². The van der Waals surface area contributed by atoms with E-state index in [-0.39, 0.29) is 0 Å². The predicted molar refractivity (Wildman–Crippen MR) is 78.7 cm³/mol. The minimum Gasteiger partial charge on any atom is -0.316 e. The Labute approximate surface area is 111 Å². The first-order valence-electron chi connectivity index (χ1n) is 6.62. The fraction of sp³-hybridized carbons (Fsp3) is 0.733. The molecule has 1 aromatic rings. The lowest BCUT2D eigenvalue weighted by Crippen LogP contribution is -2.34. The molecule has 0 aliphatic carbocycles. The topological polar surface area (TPSA) is 12.0 Å². The molecule has 1 atom stereocenters. The third-order valence-corrected chi connectivity index (χ3v) is 4.09. The van der Waals surface area contributed by atoms with Crippen molar-refractivity contribution in [2.75, 3.05) is 13.1 Å². The fourth-order valence-electron chi connectivity index (χ4n) is 1.90. The molecule has 0 fully saturated rings. The average molecular weight is 253 g/mol. The van der Waals surface area contributed by atoms with Crippen LogP contribution in [0.2, 0.25) is 0 Å². The van der Waals surface area contributed by atoms with Crippen molar-refractivity contribution in [2.24, 2.45) is 17.3 Å². The van der Waals surface area contributed by atoms with E-state index >= 15 is 0 Å². The predicted octanol–water partition coefficient (Wildman–Crippen LogP) is 4.20. The third-order valence-electron chi connectivity index (χ3n) is 3.20. The molecule has 0 saturated heterocycles. The molecule has 0 aliphatic rings. The molecule has 0 saturated carbocycles. The van der Waals surface area contributed by atoms with Gasteiger partial charge in [-0.25, -0.2) is 0 Å². The van der Waals surface area contributed by atoms with Crippen LogP contribution >= 0.6 is 11.3 Å². The lowest BCUT2D eigenvalue weighted by molar-refractivity contribution is 0.230. The van der Waals surface area contributed by atoms with Crippen molar-refractivity contribution in [3.05, 3.63) is 22.4 Å². The van der Waals surface area contributed by atoms with Crippen LogP contribution in [0.5, 0.6) is 0 Å². The maximum absolute atomic E-state index is 3.61. The number of nitrogens with one attached hydrogen (secondary N) is 1. The molecule has 1 unspecified atom stereocenters. The Morgan fingerprint density at radius 3 is 2.41 bits per heavy atom. The SMILES string of the molecule is CC(C)CNCC(Cc1cccs1)C(C)(C)C. The van der Waals surface area contributed by atoms with Crippen molar-refractivity contribution in [3.8, 4) is 0 Å². The third kappa shape index (κ3) is 5.69. The summed E-state index contributed by atoms with van der Waals surface area (Å²) in [7, 11) is 0. The van der Waals surface area contributed by atoms with E-state index in [0.29, 0.717) is 11.3 Å². The molecule has 1 rings (SSSR count). The summed E-state index contributed by atoms with van der Waals surface area (Å²) in [5.74, 6) is 1.44. The molecule has 0 spiro atoms. The van der Waals surface area contributed by atoms with Gasteiger partial charge < -0.3 is 5.32 Å². The van der Waals surface area contributed by atoms with Crippen LogP contribution in [0.25, 0.3) is 0 Å². The Morgan fingerprint density at radius 1 is 1.24 bits per heavy atom. The van der Waals surface area contributed by atoms with Gasteiger partial charge in [-0.3, -0.25) is 0 Å². The van der Waals surface area contributed by atoms with Gasteiger partial charge in [-0.05, 0) is 48.2 Å².